The second kappa shape index (κ2) is 6.99. The van der Waals surface area contributed by atoms with Crippen molar-refractivity contribution < 1.29 is 19.1 Å². The minimum atomic E-state index is -0.805. The van der Waals surface area contributed by atoms with Crippen molar-refractivity contribution in [2.45, 2.75) is 31.7 Å². The van der Waals surface area contributed by atoms with E-state index in [4.69, 9.17) is 27.9 Å². The number of halogens is 2. The number of hydrogen-bond donors (Lipinski definition) is 0. The predicted molar refractivity (Wildman–Crippen MR) is 88.2 cm³/mol. The third-order valence-corrected chi connectivity index (χ3v) is 4.85. The molecule has 1 aliphatic carbocycles. The van der Waals surface area contributed by atoms with Gasteiger partial charge in [-0.15, -0.1) is 0 Å². The first-order valence-electron chi connectivity index (χ1n) is 7.76. The molecule has 24 heavy (non-hydrogen) atoms. The van der Waals surface area contributed by atoms with Gasteiger partial charge in [-0.1, -0.05) is 42.1 Å². The van der Waals surface area contributed by atoms with E-state index in [1.165, 1.54) is 0 Å². The van der Waals surface area contributed by atoms with E-state index in [1.807, 2.05) is 0 Å². The maximum Gasteiger partial charge on any atom is 0.334 e. The lowest BCUT2D eigenvalue weighted by molar-refractivity contribution is -0.144. The third-order valence-electron chi connectivity index (χ3n) is 4.25. The first-order valence-corrected chi connectivity index (χ1v) is 8.52. The van der Waals surface area contributed by atoms with Crippen molar-refractivity contribution in [1.29, 1.82) is 0 Å². The highest BCUT2D eigenvalue weighted by atomic mass is 35.5. The van der Waals surface area contributed by atoms with Crippen LogP contribution in [0.5, 0.6) is 5.75 Å². The average molecular weight is 371 g/mol. The van der Waals surface area contributed by atoms with Crippen molar-refractivity contribution in [1.82, 2.24) is 9.80 Å². The van der Waals surface area contributed by atoms with Crippen molar-refractivity contribution in [2.24, 2.45) is 0 Å². The van der Waals surface area contributed by atoms with Crippen LogP contribution >= 0.6 is 23.2 Å². The molecule has 1 aromatic carbocycles. The van der Waals surface area contributed by atoms with E-state index >= 15 is 0 Å². The Bertz CT molecular complexity index is 668. The van der Waals surface area contributed by atoms with Gasteiger partial charge in [0, 0.05) is 6.04 Å². The summed E-state index contributed by atoms with van der Waals surface area (Å²) in [6.07, 6.45) is 3.43. The fourth-order valence-corrected chi connectivity index (χ4v) is 3.57. The van der Waals surface area contributed by atoms with Gasteiger partial charge in [0.2, 0.25) is 0 Å². The summed E-state index contributed by atoms with van der Waals surface area (Å²) in [5.41, 5.74) is 0. The number of urea groups is 1. The molecular weight excluding hydrogens is 355 g/mol. The molecule has 1 aromatic rings. The molecule has 8 heteroatoms. The Balaban J connectivity index is 1.64. The number of amides is 4. The van der Waals surface area contributed by atoms with Crippen LogP contribution in [-0.2, 0) is 9.59 Å². The first kappa shape index (κ1) is 17.0. The molecule has 3 rings (SSSR count). The molecule has 0 bridgehead atoms. The lowest BCUT2D eigenvalue weighted by Gasteiger charge is -2.21. The summed E-state index contributed by atoms with van der Waals surface area (Å²) in [4.78, 5) is 38.6. The van der Waals surface area contributed by atoms with Gasteiger partial charge in [-0.05, 0) is 25.0 Å². The molecule has 128 valence electrons. The molecule has 1 heterocycles. The third kappa shape index (κ3) is 3.08. The number of para-hydroxylation sites is 1. The summed E-state index contributed by atoms with van der Waals surface area (Å²) < 4.78 is 5.48. The monoisotopic (exact) mass is 370 g/mol. The molecule has 2 aliphatic rings. The Morgan fingerprint density at radius 2 is 1.67 bits per heavy atom. The van der Waals surface area contributed by atoms with Gasteiger partial charge in [0.05, 0.1) is 16.6 Å². The van der Waals surface area contributed by atoms with Crippen LogP contribution in [0.25, 0.3) is 0 Å². The van der Waals surface area contributed by atoms with Crippen molar-refractivity contribution in [3.8, 4) is 5.75 Å². The zero-order valence-electron chi connectivity index (χ0n) is 12.8. The van der Waals surface area contributed by atoms with Gasteiger partial charge in [-0.2, -0.15) is 0 Å². The molecule has 0 aromatic heterocycles. The van der Waals surface area contributed by atoms with Gasteiger partial charge in [-0.3, -0.25) is 19.4 Å². The van der Waals surface area contributed by atoms with Crippen LogP contribution in [0.4, 0.5) is 4.79 Å². The number of rotatable bonds is 5. The quantitative estimate of drug-likeness (QED) is 0.589. The SMILES string of the molecule is O=C1C(=O)N(C2CCCC2)C(=O)N1CCOc1c(Cl)cccc1Cl. The lowest BCUT2D eigenvalue weighted by atomic mass is 10.2. The molecule has 0 unspecified atom stereocenters. The summed E-state index contributed by atoms with van der Waals surface area (Å²) in [6, 6.07) is 4.20. The van der Waals surface area contributed by atoms with E-state index in [-0.39, 0.29) is 19.2 Å². The van der Waals surface area contributed by atoms with Crippen LogP contribution < -0.4 is 4.74 Å². The maximum absolute atomic E-state index is 12.4. The fourth-order valence-electron chi connectivity index (χ4n) is 3.06. The summed E-state index contributed by atoms with van der Waals surface area (Å²) in [7, 11) is 0. The van der Waals surface area contributed by atoms with Gasteiger partial charge in [0.15, 0.2) is 5.75 Å². The van der Waals surface area contributed by atoms with E-state index in [1.54, 1.807) is 18.2 Å². The Labute approximate surface area is 149 Å². The van der Waals surface area contributed by atoms with Crippen molar-refractivity contribution >= 4 is 41.0 Å². The number of imide groups is 2. The van der Waals surface area contributed by atoms with Crippen LogP contribution in [0.2, 0.25) is 10.0 Å². The highest BCUT2D eigenvalue weighted by Crippen LogP contribution is 2.32. The van der Waals surface area contributed by atoms with E-state index in [0.29, 0.717) is 15.8 Å². The summed E-state index contributed by atoms with van der Waals surface area (Å²) >= 11 is 12.0. The van der Waals surface area contributed by atoms with Gasteiger partial charge in [-0.25, -0.2) is 4.79 Å². The smallest absolute Gasteiger partial charge is 0.334 e. The van der Waals surface area contributed by atoms with Crippen molar-refractivity contribution in [3.05, 3.63) is 28.2 Å². The molecule has 0 radical (unpaired) electrons. The predicted octanol–water partition coefficient (Wildman–Crippen LogP) is 3.11. The number of carbonyl (C=O) groups is 3. The Morgan fingerprint density at radius 3 is 2.29 bits per heavy atom. The molecule has 1 aliphatic heterocycles. The number of benzene rings is 1. The van der Waals surface area contributed by atoms with E-state index in [0.717, 1.165) is 35.5 Å². The van der Waals surface area contributed by atoms with Crippen LogP contribution in [0.1, 0.15) is 25.7 Å². The van der Waals surface area contributed by atoms with E-state index in [2.05, 4.69) is 0 Å². The molecular formula is C16H16Cl2N2O4. The van der Waals surface area contributed by atoms with Crippen LogP contribution in [-0.4, -0.2) is 46.8 Å². The van der Waals surface area contributed by atoms with E-state index in [9.17, 15) is 14.4 Å². The fraction of sp³-hybridized carbons (Fsp3) is 0.438. The minimum Gasteiger partial charge on any atom is -0.489 e. The van der Waals surface area contributed by atoms with Crippen molar-refractivity contribution in [2.75, 3.05) is 13.2 Å². The number of ether oxygens (including phenoxy) is 1. The maximum atomic E-state index is 12.4. The molecule has 0 atom stereocenters. The lowest BCUT2D eigenvalue weighted by Crippen LogP contribution is -2.40. The molecule has 6 nitrogen and oxygen atoms in total. The average Bonchev–Trinajstić information content (AvgIpc) is 3.13. The molecule has 0 spiro atoms. The van der Waals surface area contributed by atoms with Gasteiger partial charge in [0.1, 0.15) is 6.61 Å². The second-order valence-electron chi connectivity index (χ2n) is 5.75. The molecule has 0 N–H and O–H groups in total. The molecule has 2 fully saturated rings. The highest BCUT2D eigenvalue weighted by Gasteiger charge is 2.47. The van der Waals surface area contributed by atoms with Gasteiger partial charge in [0.25, 0.3) is 0 Å². The number of carbonyl (C=O) groups excluding carboxylic acids is 3. The minimum absolute atomic E-state index is 0.00667. The van der Waals surface area contributed by atoms with Crippen LogP contribution in [0.3, 0.4) is 0 Å². The second-order valence-corrected chi connectivity index (χ2v) is 6.57. The van der Waals surface area contributed by atoms with Gasteiger partial charge >= 0.3 is 17.8 Å². The largest absolute Gasteiger partial charge is 0.489 e. The summed E-state index contributed by atoms with van der Waals surface area (Å²) in [5.74, 6) is -1.26. The first-order chi connectivity index (χ1) is 11.5. The normalized spacial score (nSPS) is 18.8. The zero-order chi connectivity index (χ0) is 17.3. The summed E-state index contributed by atoms with van der Waals surface area (Å²) in [6.45, 7) is -0.0269. The Kier molecular flexibility index (Phi) is 4.96. The Hall–Kier alpha value is -1.79. The van der Waals surface area contributed by atoms with Crippen LogP contribution in [0, 0.1) is 0 Å². The van der Waals surface area contributed by atoms with E-state index < -0.39 is 17.8 Å². The Morgan fingerprint density at radius 1 is 1.04 bits per heavy atom. The topological polar surface area (TPSA) is 66.9 Å². The molecule has 4 amide bonds. The molecule has 1 saturated heterocycles. The van der Waals surface area contributed by atoms with Gasteiger partial charge < -0.3 is 4.74 Å². The molecule has 1 saturated carbocycles. The summed E-state index contributed by atoms with van der Waals surface area (Å²) in [5, 5.41) is 0.676. The van der Waals surface area contributed by atoms with Crippen LogP contribution in [0.15, 0.2) is 18.2 Å². The number of nitrogens with zero attached hydrogens (tertiary/aromatic N) is 2. The number of hydrogen-bond acceptors (Lipinski definition) is 4. The standard InChI is InChI=1S/C16H16Cl2N2O4/c17-11-6-3-7-12(18)13(11)24-9-8-19-14(21)15(22)20(16(19)23)10-4-1-2-5-10/h3,6-7,10H,1-2,4-5,8-9H2. The highest BCUT2D eigenvalue weighted by molar-refractivity contribution is 6.44. The van der Waals surface area contributed by atoms with Crippen molar-refractivity contribution in [3.63, 3.8) is 0 Å². The zero-order valence-corrected chi connectivity index (χ0v) is 14.3.